The molecule has 2 aromatic rings. The first-order valence-electron chi connectivity index (χ1n) is 14.5. The minimum absolute atomic E-state index is 0.103. The van der Waals surface area contributed by atoms with E-state index in [1.165, 1.54) is 30.6 Å². The van der Waals surface area contributed by atoms with Crippen molar-refractivity contribution in [3.8, 4) is 11.5 Å². The maximum Gasteiger partial charge on any atom is 0.258 e. The number of hydrogen-bond donors (Lipinski definition) is 1. The molecule has 0 radical (unpaired) electrons. The quantitative estimate of drug-likeness (QED) is 0.483. The van der Waals surface area contributed by atoms with Gasteiger partial charge in [-0.1, -0.05) is 6.92 Å². The average Bonchev–Trinajstić information content (AvgIpc) is 2.97. The summed E-state index contributed by atoms with van der Waals surface area (Å²) in [5.74, 6) is 0.571. The highest BCUT2D eigenvalue weighted by Crippen LogP contribution is 2.29. The van der Waals surface area contributed by atoms with Crippen molar-refractivity contribution in [2.45, 2.75) is 63.2 Å². The topological polar surface area (TPSA) is 109 Å². The highest BCUT2D eigenvalue weighted by Gasteiger charge is 2.32. The first-order chi connectivity index (χ1) is 19.9. The van der Waals surface area contributed by atoms with Gasteiger partial charge in [0.25, 0.3) is 5.91 Å². The molecular formula is C31H47N3O7S. The van der Waals surface area contributed by atoms with Crippen LogP contribution >= 0.6 is 0 Å². The zero-order valence-electron chi connectivity index (χ0n) is 25.9. The van der Waals surface area contributed by atoms with E-state index < -0.39 is 22.2 Å². The van der Waals surface area contributed by atoms with Crippen LogP contribution in [0, 0.1) is 5.92 Å². The van der Waals surface area contributed by atoms with E-state index in [-0.39, 0.29) is 42.5 Å². The van der Waals surface area contributed by atoms with Crippen molar-refractivity contribution >= 4 is 21.6 Å². The summed E-state index contributed by atoms with van der Waals surface area (Å²) in [5.41, 5.74) is 1.28. The molecule has 1 heterocycles. The number of sulfonamides is 1. The number of ether oxygens (including phenoxy) is 3. The van der Waals surface area contributed by atoms with Gasteiger partial charge >= 0.3 is 0 Å². The largest absolute Gasteiger partial charge is 0.497 e. The second-order valence-corrected chi connectivity index (χ2v) is 13.4. The number of rotatable bonds is 8. The highest BCUT2D eigenvalue weighted by atomic mass is 32.2. The molecule has 2 aromatic carbocycles. The fraction of sp³-hybridized carbons (Fsp3) is 0.581. The molecule has 0 saturated heterocycles. The number of hydrogen-bond acceptors (Lipinski definition) is 8. The molecule has 0 spiro atoms. The van der Waals surface area contributed by atoms with Gasteiger partial charge < -0.3 is 29.1 Å². The van der Waals surface area contributed by atoms with Crippen LogP contribution in [0.1, 0.15) is 50.4 Å². The summed E-state index contributed by atoms with van der Waals surface area (Å²) in [6.07, 6.45) is 1.80. The molecule has 1 aliphatic rings. The minimum atomic E-state index is -3.80. The molecule has 0 saturated carbocycles. The number of carbonyl (C=O) groups excluding carboxylic acids is 1. The number of fused-ring (bicyclic) bond motifs is 1. The van der Waals surface area contributed by atoms with Crippen molar-refractivity contribution < 1.29 is 32.5 Å². The smallest absolute Gasteiger partial charge is 0.258 e. The van der Waals surface area contributed by atoms with Gasteiger partial charge in [-0.25, -0.2) is 8.42 Å². The molecule has 0 fully saturated rings. The summed E-state index contributed by atoms with van der Waals surface area (Å²) < 4.78 is 45.9. The normalized spacial score (nSPS) is 21.7. The maximum absolute atomic E-state index is 14.1. The molecular weight excluding hydrogens is 558 g/mol. The number of amides is 1. The molecule has 0 bridgehead atoms. The van der Waals surface area contributed by atoms with Gasteiger partial charge in [0.2, 0.25) is 10.0 Å². The zero-order chi connectivity index (χ0) is 31.0. The minimum Gasteiger partial charge on any atom is -0.497 e. The fourth-order valence-corrected chi connectivity index (χ4v) is 6.11. The Morgan fingerprint density at radius 2 is 1.79 bits per heavy atom. The number of aliphatic hydroxyl groups is 1. The summed E-state index contributed by atoms with van der Waals surface area (Å²) in [4.78, 5) is 17.8. The Kier molecular flexibility index (Phi) is 12.0. The lowest BCUT2D eigenvalue weighted by Crippen LogP contribution is -2.48. The monoisotopic (exact) mass is 605 g/mol. The summed E-state index contributed by atoms with van der Waals surface area (Å²) in [6.45, 7) is 6.31. The third-order valence-corrected chi connectivity index (χ3v) is 9.59. The third-order valence-electron chi connectivity index (χ3n) is 7.76. The third kappa shape index (κ3) is 8.37. The molecule has 1 amide bonds. The molecule has 1 aliphatic heterocycles. The van der Waals surface area contributed by atoms with Gasteiger partial charge in [-0.15, -0.1) is 0 Å². The van der Waals surface area contributed by atoms with Crippen molar-refractivity contribution in [2.75, 3.05) is 59.5 Å². The predicted molar refractivity (Wildman–Crippen MR) is 164 cm³/mol. The number of methoxy groups -OCH3 is 1. The molecule has 4 atom stereocenters. The van der Waals surface area contributed by atoms with E-state index in [1.54, 1.807) is 24.0 Å². The molecule has 3 rings (SSSR count). The Labute approximate surface area is 251 Å². The number of likely N-dealkylation sites (N-methyl/N-ethyl adjacent to an activating group) is 1. The highest BCUT2D eigenvalue weighted by molar-refractivity contribution is 7.89. The number of nitrogens with zero attached hydrogens (tertiary/aromatic N) is 3. The van der Waals surface area contributed by atoms with E-state index in [4.69, 9.17) is 14.2 Å². The van der Waals surface area contributed by atoms with E-state index in [0.29, 0.717) is 23.7 Å². The summed E-state index contributed by atoms with van der Waals surface area (Å²) in [5, 5.41) is 10.1. The summed E-state index contributed by atoms with van der Waals surface area (Å²) in [7, 11) is 3.09. The van der Waals surface area contributed by atoms with Gasteiger partial charge in [0, 0.05) is 52.4 Å². The Bertz CT molecular complexity index is 1270. The van der Waals surface area contributed by atoms with Crippen LogP contribution in [0.5, 0.6) is 11.5 Å². The van der Waals surface area contributed by atoms with E-state index in [9.17, 15) is 18.3 Å². The molecule has 0 unspecified atom stereocenters. The molecule has 10 nitrogen and oxygen atoms in total. The van der Waals surface area contributed by atoms with Crippen LogP contribution in [0.3, 0.4) is 0 Å². The van der Waals surface area contributed by atoms with E-state index >= 15 is 0 Å². The maximum atomic E-state index is 14.1. The van der Waals surface area contributed by atoms with Gasteiger partial charge in [-0.05, 0) is 75.6 Å². The number of benzene rings is 2. The standard InChI is InChI=1S/C31H47N3O7S/c1-22-19-34(23(2)21-35)31(36)28-18-25(32(4)5)11-16-29(28)41-24(3)10-8-9-17-40-30(22)20-33(6)42(37,38)27-14-12-26(39-7)13-15-27/h11-16,18,22-24,30,35H,8-10,17,19-21H2,1-7H3/t22-,23+,24+,30-/m1/s1. The van der Waals surface area contributed by atoms with Gasteiger partial charge in [-0.2, -0.15) is 4.31 Å². The van der Waals surface area contributed by atoms with Crippen molar-refractivity contribution in [1.29, 1.82) is 0 Å². The van der Waals surface area contributed by atoms with E-state index in [2.05, 4.69) is 0 Å². The Hall–Kier alpha value is -2.86. The van der Waals surface area contributed by atoms with Crippen LogP contribution in [-0.4, -0.2) is 101 Å². The number of carbonyl (C=O) groups is 1. The van der Waals surface area contributed by atoms with Crippen molar-refractivity contribution in [2.24, 2.45) is 5.92 Å². The molecule has 0 aromatic heterocycles. The van der Waals surface area contributed by atoms with Gasteiger partial charge in [0.05, 0.1) is 42.4 Å². The van der Waals surface area contributed by atoms with Crippen LogP contribution < -0.4 is 14.4 Å². The predicted octanol–water partition coefficient (Wildman–Crippen LogP) is 3.88. The van der Waals surface area contributed by atoms with Gasteiger partial charge in [0.1, 0.15) is 11.5 Å². The second kappa shape index (κ2) is 15.0. The van der Waals surface area contributed by atoms with Gasteiger partial charge in [0.15, 0.2) is 0 Å². The lowest BCUT2D eigenvalue weighted by molar-refractivity contribution is -0.00833. The number of aliphatic hydroxyl groups excluding tert-OH is 1. The molecule has 42 heavy (non-hydrogen) atoms. The Morgan fingerprint density at radius 1 is 1.10 bits per heavy atom. The van der Waals surface area contributed by atoms with Crippen molar-refractivity contribution in [3.63, 3.8) is 0 Å². The average molecular weight is 606 g/mol. The van der Waals surface area contributed by atoms with Crippen LogP contribution in [0.2, 0.25) is 0 Å². The fourth-order valence-electron chi connectivity index (χ4n) is 4.93. The molecule has 234 valence electrons. The Morgan fingerprint density at radius 3 is 2.40 bits per heavy atom. The first kappa shape index (κ1) is 33.6. The van der Waals surface area contributed by atoms with Crippen molar-refractivity contribution in [1.82, 2.24) is 9.21 Å². The van der Waals surface area contributed by atoms with Crippen LogP contribution in [0.25, 0.3) is 0 Å². The van der Waals surface area contributed by atoms with E-state index in [1.807, 2.05) is 51.0 Å². The first-order valence-corrected chi connectivity index (χ1v) is 15.9. The van der Waals surface area contributed by atoms with Crippen LogP contribution in [0.15, 0.2) is 47.4 Å². The molecule has 0 aliphatic carbocycles. The SMILES string of the molecule is COc1ccc(S(=O)(=O)N(C)C[C@H]2OCCCC[C@H](C)Oc3ccc(N(C)C)cc3C(=O)N([C@@H](C)CO)C[C@H]2C)cc1. The zero-order valence-corrected chi connectivity index (χ0v) is 26.8. The lowest BCUT2D eigenvalue weighted by atomic mass is 10.0. The Balaban J connectivity index is 1.95. The van der Waals surface area contributed by atoms with Crippen LogP contribution in [-0.2, 0) is 14.8 Å². The van der Waals surface area contributed by atoms with Crippen LogP contribution in [0.4, 0.5) is 5.69 Å². The number of anilines is 1. The van der Waals surface area contributed by atoms with Crippen molar-refractivity contribution in [3.05, 3.63) is 48.0 Å². The molecule has 1 N–H and O–H groups in total. The summed E-state index contributed by atoms with van der Waals surface area (Å²) in [6, 6.07) is 11.4. The molecule has 11 heteroatoms. The van der Waals surface area contributed by atoms with Gasteiger partial charge in [-0.3, -0.25) is 4.79 Å². The second-order valence-electron chi connectivity index (χ2n) is 11.3. The van der Waals surface area contributed by atoms with E-state index in [0.717, 1.165) is 24.9 Å². The summed E-state index contributed by atoms with van der Waals surface area (Å²) >= 11 is 0. The lowest BCUT2D eigenvalue weighted by Gasteiger charge is -2.35.